The van der Waals surface area contributed by atoms with E-state index >= 15 is 0 Å². The molecule has 18 heteroatoms. The number of aliphatic hydroxyl groups is 2. The van der Waals surface area contributed by atoms with Gasteiger partial charge < -0.3 is 34.2 Å². The van der Waals surface area contributed by atoms with Crippen LogP contribution in [0.25, 0.3) is 11.0 Å². The van der Waals surface area contributed by atoms with Gasteiger partial charge in [-0.2, -0.15) is 20.2 Å². The number of aromatic nitrogens is 4. The minimum atomic E-state index is -4.84. The van der Waals surface area contributed by atoms with Crippen molar-refractivity contribution in [2.24, 2.45) is 5.10 Å². The van der Waals surface area contributed by atoms with Gasteiger partial charge in [0.05, 0.1) is 23.9 Å². The summed E-state index contributed by atoms with van der Waals surface area (Å²) in [6.07, 6.45) is -4.43. The molecule has 0 saturated carbocycles. The van der Waals surface area contributed by atoms with Crippen molar-refractivity contribution in [2.45, 2.75) is 31.5 Å². The molecule has 1 aliphatic heterocycles. The fraction of sp³-hybridized carbons (Fsp3) is 0.368. The second-order valence-corrected chi connectivity index (χ2v) is 12.5. The van der Waals surface area contributed by atoms with E-state index < -0.39 is 52.2 Å². The molecule has 0 aliphatic carbocycles. The maximum Gasteiger partial charge on any atom is 0.340 e. The van der Waals surface area contributed by atoms with Gasteiger partial charge in [0.15, 0.2) is 23.6 Å². The maximum atomic E-state index is 11.9. The number of ether oxygens (including phenoxy) is 1. The molecule has 4 rings (SSSR count). The molecule has 1 unspecified atom stereocenters. The van der Waals surface area contributed by atoms with E-state index in [4.69, 9.17) is 30.6 Å². The number of nitrogens with zero attached hydrogens (tertiary/aromatic N) is 5. The molecule has 5 atom stereocenters. The molecule has 200 valence electrons. The van der Waals surface area contributed by atoms with Gasteiger partial charge in [0, 0.05) is 0 Å². The van der Waals surface area contributed by atoms with Gasteiger partial charge in [-0.05, 0) is 24.1 Å². The zero-order chi connectivity index (χ0) is 27.0. The number of anilines is 1. The first kappa shape index (κ1) is 27.7. The summed E-state index contributed by atoms with van der Waals surface area (Å²) in [5, 5.41) is 29.6. The van der Waals surface area contributed by atoms with Crippen LogP contribution in [0.4, 0.5) is 5.82 Å². The van der Waals surface area contributed by atoms with E-state index in [1.165, 1.54) is 6.20 Å². The molecule has 3 aromatic rings. The fourth-order valence-corrected chi connectivity index (χ4v) is 6.32. The van der Waals surface area contributed by atoms with Gasteiger partial charge in [0.25, 0.3) is 0 Å². The number of rotatable bonds is 9. The van der Waals surface area contributed by atoms with Crippen LogP contribution in [0, 0.1) is 0 Å². The molecule has 2 aromatic heterocycles. The van der Waals surface area contributed by atoms with Crippen LogP contribution in [0.15, 0.2) is 41.6 Å². The molecule has 0 spiro atoms. The Bertz CT molecular complexity index is 1400. The maximum absolute atomic E-state index is 11.9. The van der Waals surface area contributed by atoms with Crippen LogP contribution in [0.3, 0.4) is 0 Å². The van der Waals surface area contributed by atoms with Gasteiger partial charge in [0.1, 0.15) is 18.3 Å². The fourth-order valence-electron chi connectivity index (χ4n) is 3.58. The predicted molar refractivity (Wildman–Crippen MR) is 131 cm³/mol. The highest BCUT2D eigenvalue weighted by Gasteiger charge is 2.46. The lowest BCUT2D eigenvalue weighted by Gasteiger charge is -2.18. The summed E-state index contributed by atoms with van der Waals surface area (Å²) in [5.74, 6) is -1.20. The molecular formula is C19H23ClN6O9P2. The lowest BCUT2D eigenvalue weighted by molar-refractivity contribution is -0.0541. The molecule has 0 amide bonds. The number of hydrogen-bond donors (Lipinski definition) is 6. The van der Waals surface area contributed by atoms with Gasteiger partial charge in [0.2, 0.25) is 5.28 Å². The van der Waals surface area contributed by atoms with Crippen LogP contribution in [0.2, 0.25) is 5.28 Å². The summed E-state index contributed by atoms with van der Waals surface area (Å²) in [7, 11) is -9.54. The summed E-state index contributed by atoms with van der Waals surface area (Å²) in [5.41, 5.74) is 4.48. The van der Waals surface area contributed by atoms with Gasteiger partial charge in [-0.15, -0.1) is 0 Å². The first-order valence-electron chi connectivity index (χ1n) is 10.6. The third kappa shape index (κ3) is 6.59. The van der Waals surface area contributed by atoms with Crippen LogP contribution in [-0.4, -0.2) is 81.2 Å². The molecule has 37 heavy (non-hydrogen) atoms. The van der Waals surface area contributed by atoms with E-state index in [9.17, 15) is 24.2 Å². The van der Waals surface area contributed by atoms with Crippen molar-refractivity contribution in [1.29, 1.82) is 0 Å². The standard InChI is InChI=1S/C19H23ClN6O9P2/c1-10(11-5-3-2-4-6-11)24-25-16-12-7-21-26(17(12)23-19(20)22-16)18-15(28)14(27)13(35-18)8-34-37(32,33)9-36(29,30)31/h2-7,13-15,18,27-28H,8-9H2,1H3,(H,32,33)(H,22,23,25)(H2,29,30,31)/b24-10+/t13-,14-,15-,18-/m1/s1. The topological polar surface area (TPSA) is 222 Å². The Balaban J connectivity index is 1.54. The van der Waals surface area contributed by atoms with Crippen LogP contribution < -0.4 is 5.43 Å². The minimum absolute atomic E-state index is 0.127. The van der Waals surface area contributed by atoms with Crippen molar-refractivity contribution < 1.29 is 43.3 Å². The first-order chi connectivity index (χ1) is 17.3. The first-order valence-corrected chi connectivity index (χ1v) is 14.6. The third-order valence-corrected chi connectivity index (χ3v) is 8.95. The number of aliphatic hydroxyl groups excluding tert-OH is 2. The Morgan fingerprint density at radius 1 is 1.19 bits per heavy atom. The lowest BCUT2D eigenvalue weighted by atomic mass is 10.1. The number of halogens is 1. The van der Waals surface area contributed by atoms with E-state index in [0.29, 0.717) is 11.1 Å². The minimum Gasteiger partial charge on any atom is -0.387 e. The Kier molecular flexibility index (Phi) is 8.12. The average molecular weight is 577 g/mol. The molecule has 15 nitrogen and oxygen atoms in total. The summed E-state index contributed by atoms with van der Waals surface area (Å²) >= 11 is 6.09. The lowest BCUT2D eigenvalue weighted by Crippen LogP contribution is -2.33. The Hall–Kier alpha value is -2.29. The van der Waals surface area contributed by atoms with Crippen LogP contribution >= 0.6 is 26.8 Å². The van der Waals surface area contributed by atoms with Gasteiger partial charge >= 0.3 is 15.2 Å². The third-order valence-electron chi connectivity index (χ3n) is 5.33. The zero-order valence-electron chi connectivity index (χ0n) is 19.1. The van der Waals surface area contributed by atoms with Crippen molar-refractivity contribution in [3.05, 3.63) is 47.4 Å². The molecule has 6 N–H and O–H groups in total. The molecule has 1 fully saturated rings. The number of benzene rings is 1. The SMILES string of the molecule is C/C(=N\Nc1nc(Cl)nc2c1cnn2[C@@H]1O[C@H](COP(=O)(O)CP(=O)(O)O)[C@@H](O)[C@H]1O)c1ccccc1. The average Bonchev–Trinajstić information content (AvgIpc) is 3.35. The monoisotopic (exact) mass is 576 g/mol. The summed E-state index contributed by atoms with van der Waals surface area (Å²) in [4.78, 5) is 35.7. The number of fused-ring (bicyclic) bond motifs is 1. The Labute approximate surface area is 214 Å². The molecule has 1 saturated heterocycles. The number of hydrogen-bond acceptors (Lipinski definition) is 11. The van der Waals surface area contributed by atoms with E-state index in [1.54, 1.807) is 6.92 Å². The second kappa shape index (κ2) is 10.8. The van der Waals surface area contributed by atoms with Crippen LogP contribution in [0.1, 0.15) is 18.7 Å². The molecule has 0 radical (unpaired) electrons. The predicted octanol–water partition coefficient (Wildman–Crippen LogP) is 1.27. The largest absolute Gasteiger partial charge is 0.387 e. The summed E-state index contributed by atoms with van der Waals surface area (Å²) in [6.45, 7) is 1.06. The zero-order valence-corrected chi connectivity index (χ0v) is 21.6. The van der Waals surface area contributed by atoms with Crippen LogP contribution in [-0.2, 0) is 18.4 Å². The van der Waals surface area contributed by atoms with E-state index in [0.717, 1.165) is 10.2 Å². The van der Waals surface area contributed by atoms with Crippen molar-refractivity contribution in [2.75, 3.05) is 17.9 Å². The molecule has 1 aromatic carbocycles. The highest BCUT2D eigenvalue weighted by Crippen LogP contribution is 2.55. The number of hydrazone groups is 1. The Morgan fingerprint density at radius 2 is 1.89 bits per heavy atom. The van der Waals surface area contributed by atoms with Gasteiger partial charge in [-0.1, -0.05) is 30.3 Å². The molecule has 3 heterocycles. The van der Waals surface area contributed by atoms with Crippen LogP contribution in [0.5, 0.6) is 0 Å². The van der Waals surface area contributed by atoms with Crippen molar-refractivity contribution >= 4 is 49.4 Å². The van der Waals surface area contributed by atoms with Crippen molar-refractivity contribution in [3.63, 3.8) is 0 Å². The van der Waals surface area contributed by atoms with E-state index in [2.05, 4.69) is 25.6 Å². The molecule has 1 aliphatic rings. The highest BCUT2D eigenvalue weighted by atomic mass is 35.5. The molecular weight excluding hydrogens is 554 g/mol. The van der Waals surface area contributed by atoms with Crippen molar-refractivity contribution in [1.82, 2.24) is 19.7 Å². The van der Waals surface area contributed by atoms with E-state index in [1.807, 2.05) is 30.3 Å². The normalized spacial score (nSPS) is 24.4. The second-order valence-electron chi connectivity index (χ2n) is 8.13. The summed E-state index contributed by atoms with van der Waals surface area (Å²) < 4.78 is 34.4. The van der Waals surface area contributed by atoms with Crippen molar-refractivity contribution in [3.8, 4) is 0 Å². The highest BCUT2D eigenvalue weighted by molar-refractivity contribution is 7.70. The summed E-state index contributed by atoms with van der Waals surface area (Å²) in [6, 6.07) is 9.38. The van der Waals surface area contributed by atoms with Gasteiger partial charge in [-0.3, -0.25) is 14.6 Å². The molecule has 0 bridgehead atoms. The smallest absolute Gasteiger partial charge is 0.340 e. The number of nitrogens with one attached hydrogen (secondary N) is 1. The van der Waals surface area contributed by atoms with Gasteiger partial charge in [-0.25, -0.2) is 4.68 Å². The van der Waals surface area contributed by atoms with E-state index in [-0.39, 0.29) is 16.7 Å². The quantitative estimate of drug-likeness (QED) is 0.0915. The Morgan fingerprint density at radius 3 is 2.57 bits per heavy atom.